The van der Waals surface area contributed by atoms with E-state index in [9.17, 15) is 28.8 Å². The van der Waals surface area contributed by atoms with Crippen LogP contribution in [0.15, 0.2) is 69.0 Å². The Kier molecular flexibility index (Phi) is 22.6. The number of piperazine rings is 2. The lowest BCUT2D eigenvalue weighted by Gasteiger charge is -2.34. The average Bonchev–Trinajstić information content (AvgIpc) is 1.54. The van der Waals surface area contributed by atoms with Crippen molar-refractivity contribution in [3.8, 4) is 51.4 Å². The number of carbonyl (C=O) groups is 3. The minimum absolute atomic E-state index is 0.0244. The van der Waals surface area contributed by atoms with Gasteiger partial charge in [0.05, 0.1) is 66.8 Å². The number of likely N-dealkylation sites (N-methyl/N-ethyl adjacent to an activating group) is 2. The Morgan fingerprint density at radius 2 is 0.760 bits per heavy atom. The van der Waals surface area contributed by atoms with Gasteiger partial charge < -0.3 is 58.4 Å². The van der Waals surface area contributed by atoms with Gasteiger partial charge in [0.2, 0.25) is 0 Å². The lowest BCUT2D eigenvalue weighted by molar-refractivity contribution is 0.0303. The normalized spacial score (nSPS) is 14.6. The molecule has 3 N–H and O–H groups in total. The van der Waals surface area contributed by atoms with E-state index in [1.807, 2.05) is 44.4 Å². The molecule has 27 heteroatoms. The van der Waals surface area contributed by atoms with E-state index < -0.39 is 0 Å². The van der Waals surface area contributed by atoms with Gasteiger partial charge in [-0.3, -0.25) is 28.8 Å². The first-order chi connectivity index (χ1) is 46.4. The maximum Gasteiger partial charge on any atom is 0.277 e. The van der Waals surface area contributed by atoms with Crippen molar-refractivity contribution in [1.29, 1.82) is 0 Å². The van der Waals surface area contributed by atoms with Crippen molar-refractivity contribution in [2.24, 2.45) is 0 Å². The Morgan fingerprint density at radius 1 is 0.448 bits per heavy atom. The van der Waals surface area contributed by atoms with Crippen LogP contribution in [0.5, 0.6) is 17.2 Å². The molecule has 0 unspecified atom stereocenters. The summed E-state index contributed by atoms with van der Waals surface area (Å²) >= 11 is 0. The molecule has 3 aromatic carbocycles. The third-order valence-corrected chi connectivity index (χ3v) is 17.2. The maximum absolute atomic E-state index is 13.2. The number of fused-ring (bicyclic) bond motifs is 3. The summed E-state index contributed by atoms with van der Waals surface area (Å²) < 4.78 is 27.6. The lowest BCUT2D eigenvalue weighted by atomic mass is 10.1. The van der Waals surface area contributed by atoms with Crippen molar-refractivity contribution in [3.63, 3.8) is 0 Å². The van der Waals surface area contributed by atoms with E-state index in [1.54, 1.807) is 80.0 Å². The summed E-state index contributed by atoms with van der Waals surface area (Å²) in [7, 11) is 2.06. The van der Waals surface area contributed by atoms with Gasteiger partial charge in [-0.1, -0.05) is 27.7 Å². The predicted molar refractivity (Wildman–Crippen MR) is 365 cm³/mol. The molecule has 3 fully saturated rings. The third kappa shape index (κ3) is 15.1. The highest BCUT2D eigenvalue weighted by atomic mass is 16.5. The van der Waals surface area contributed by atoms with Gasteiger partial charge in [-0.2, -0.15) is 0 Å². The van der Waals surface area contributed by atoms with E-state index in [1.165, 1.54) is 0 Å². The number of H-pyrrole nitrogens is 3. The smallest absolute Gasteiger partial charge is 0.277 e. The molecule has 9 heterocycles. The first-order valence-electron chi connectivity index (χ1n) is 33.6. The molecule has 96 heavy (non-hydrogen) atoms. The number of nitrogens with zero attached hydrogens (tertiary/aromatic N) is 14. The van der Waals surface area contributed by atoms with Crippen LogP contribution >= 0.6 is 0 Å². The van der Waals surface area contributed by atoms with Gasteiger partial charge in [0.25, 0.3) is 34.4 Å². The second-order valence-corrected chi connectivity index (χ2v) is 23.9. The zero-order valence-corrected chi connectivity index (χ0v) is 57.1. The minimum atomic E-state index is -0.273. The molecule has 0 saturated carbocycles. The van der Waals surface area contributed by atoms with Crippen LogP contribution in [0.1, 0.15) is 133 Å². The van der Waals surface area contributed by atoms with E-state index in [0.29, 0.717) is 193 Å². The fourth-order valence-corrected chi connectivity index (χ4v) is 12.2. The van der Waals surface area contributed by atoms with Gasteiger partial charge >= 0.3 is 0 Å². The number of amides is 3. The van der Waals surface area contributed by atoms with E-state index in [4.69, 9.17) is 29.1 Å². The van der Waals surface area contributed by atoms with Crippen molar-refractivity contribution >= 4 is 34.3 Å². The molecule has 0 radical (unpaired) electrons. The Hall–Kier alpha value is -9.60. The summed E-state index contributed by atoms with van der Waals surface area (Å²) in [6.45, 7) is 30.1. The quantitative estimate of drug-likeness (QED) is 0.0744. The van der Waals surface area contributed by atoms with Gasteiger partial charge in [0, 0.05) is 101 Å². The molecule has 0 spiro atoms. The molecule has 3 aliphatic rings. The summed E-state index contributed by atoms with van der Waals surface area (Å²) in [4.78, 5) is 110. The minimum Gasteiger partial charge on any atom is -0.493 e. The molecule has 9 aromatic rings. The molecule has 0 atom stereocenters. The number of morpholine rings is 1. The number of imidazole rings is 3. The number of hydrogen-bond donors (Lipinski definition) is 3. The number of hydrogen-bond acceptors (Lipinski definition) is 18. The van der Waals surface area contributed by atoms with E-state index in [0.717, 1.165) is 69.5 Å². The van der Waals surface area contributed by atoms with Crippen molar-refractivity contribution in [1.82, 2.24) is 83.2 Å². The number of aromatic amines is 3. The van der Waals surface area contributed by atoms with Crippen molar-refractivity contribution in [3.05, 3.63) is 137 Å². The number of aryl methyl sites for hydroxylation is 6. The van der Waals surface area contributed by atoms with Crippen LogP contribution in [0.25, 0.3) is 50.7 Å². The molecule has 3 aliphatic heterocycles. The fourth-order valence-electron chi connectivity index (χ4n) is 12.2. The van der Waals surface area contributed by atoms with Crippen molar-refractivity contribution in [2.75, 3.05) is 112 Å². The molecule has 3 amide bonds. The molecule has 27 nitrogen and oxygen atoms in total. The summed E-state index contributed by atoms with van der Waals surface area (Å²) in [6, 6.07) is 15.9. The van der Waals surface area contributed by atoms with Crippen LogP contribution in [0.4, 0.5) is 0 Å². The van der Waals surface area contributed by atoms with Gasteiger partial charge in [-0.25, -0.2) is 28.5 Å². The molecule has 0 aliphatic carbocycles. The van der Waals surface area contributed by atoms with Crippen LogP contribution < -0.4 is 30.9 Å². The highest BCUT2D eigenvalue weighted by Gasteiger charge is 2.28. The van der Waals surface area contributed by atoms with Gasteiger partial charge in [0.15, 0.2) is 34.0 Å². The molecule has 510 valence electrons. The second-order valence-electron chi connectivity index (χ2n) is 23.9. The van der Waals surface area contributed by atoms with E-state index in [-0.39, 0.29) is 34.4 Å². The number of benzene rings is 3. The third-order valence-electron chi connectivity index (χ3n) is 17.2. The number of rotatable bonds is 19. The summed E-state index contributed by atoms with van der Waals surface area (Å²) in [6.07, 6.45) is 4.80. The highest BCUT2D eigenvalue weighted by Crippen LogP contribution is 2.33. The number of nitrogens with one attached hydrogen (secondary N) is 3. The second kappa shape index (κ2) is 31.3. The first kappa shape index (κ1) is 69.2. The highest BCUT2D eigenvalue weighted by molar-refractivity contribution is 5.97. The standard InChI is InChI=1S/C24H32N6O3.C23H30N6O3.C22H27N5O4/c1-5-8-20-25-16(4)21-23(31)26-22(27-30(20)21)18-15-17(9-10-19(18)33-7-3)24(32)29-13-11-28(6-2)12-14-29;1-5-7-19-24-15(3)20-22(30)25-21(26-29(19)20)17-14-16(8-9-18(17)32-6-2)23(31)28-12-10-27(4)11-13-28;1-4-6-18-23-14(3)19-21(28)24-20(25-27(18)19)16-13-15(7-8-17(16)31-5-2)22(29)26-9-11-30-12-10-26/h9-10,15H,5-8,11-14H2,1-4H3,(H,26,27,31);8-9,14H,5-7,10-13H2,1-4H3,(H,25,26,30);7-8,13H,4-6,9-12H2,1-3H3,(H,24,25,28). The first-order valence-corrected chi connectivity index (χ1v) is 33.6. The van der Waals surface area contributed by atoms with Crippen molar-refractivity contribution < 1.29 is 33.3 Å². The maximum atomic E-state index is 13.2. The number of ether oxygens (including phenoxy) is 4. The SMILES string of the molecule is CCCc1nc(C)c2c(=O)[nH]c(-c3cc(C(=O)N4CCN(C)CC4)ccc3OCC)nn12.CCCc1nc(C)c2c(=O)[nH]c(-c3cc(C(=O)N4CCN(CC)CC4)ccc3OCC)nn12.CCCc1nc(C)c2c(=O)[nH]c(-c3cc(C(=O)N4CCOCC4)ccc3OCC)nn12. The predicted octanol–water partition coefficient (Wildman–Crippen LogP) is 6.87. The molecular formula is C69H89N17O10. The molecule has 0 bridgehead atoms. The Labute approximate surface area is 556 Å². The molecule has 6 aromatic heterocycles. The van der Waals surface area contributed by atoms with Crippen LogP contribution in [0.3, 0.4) is 0 Å². The zero-order chi connectivity index (χ0) is 68.3. The average molecular weight is 1320 g/mol. The van der Waals surface area contributed by atoms with E-state index in [2.05, 4.69) is 79.5 Å². The molecular weight excluding hydrogens is 1230 g/mol. The molecule has 12 rings (SSSR count). The van der Waals surface area contributed by atoms with Crippen molar-refractivity contribution in [2.45, 2.75) is 108 Å². The van der Waals surface area contributed by atoms with Crippen LogP contribution in [-0.4, -0.2) is 213 Å². The summed E-state index contributed by atoms with van der Waals surface area (Å²) in [5.74, 6) is 4.84. The Morgan fingerprint density at radius 3 is 1.06 bits per heavy atom. The topological polar surface area (TPSA) is 293 Å². The largest absolute Gasteiger partial charge is 0.493 e. The monoisotopic (exact) mass is 1320 g/mol. The summed E-state index contributed by atoms with van der Waals surface area (Å²) in [5, 5.41) is 14.1. The van der Waals surface area contributed by atoms with Crippen LogP contribution in [-0.2, 0) is 24.0 Å². The van der Waals surface area contributed by atoms with Crippen LogP contribution in [0.2, 0.25) is 0 Å². The van der Waals surface area contributed by atoms with Gasteiger partial charge in [0.1, 0.15) is 34.7 Å². The summed E-state index contributed by atoms with van der Waals surface area (Å²) in [5.41, 5.74) is 5.82. The Bertz CT molecular complexity index is 4450. The fraction of sp³-hybridized carbons (Fsp3) is 0.478. The zero-order valence-electron chi connectivity index (χ0n) is 57.1. The lowest BCUT2D eigenvalue weighted by Crippen LogP contribution is -2.48. The van der Waals surface area contributed by atoms with Gasteiger partial charge in [-0.15, -0.1) is 15.3 Å². The number of carbonyl (C=O) groups excluding carboxylic acids is 3. The molecule has 3 saturated heterocycles. The van der Waals surface area contributed by atoms with Crippen LogP contribution in [0, 0.1) is 20.8 Å². The van der Waals surface area contributed by atoms with Gasteiger partial charge in [-0.05, 0) is 129 Å². The Balaban J connectivity index is 0.000000157. The number of aromatic nitrogens is 12. The van der Waals surface area contributed by atoms with E-state index >= 15 is 0 Å².